The standard InChI is InChI=1S/C16H23N5S/c1-19-8-10-21(11-9-19)15(17-14-6-4-3-5-7-14)18-16-20(2)12-13-22-16/h3-7H,8-13H2,1-2H3. The van der Waals surface area contributed by atoms with Crippen LogP contribution < -0.4 is 0 Å². The van der Waals surface area contributed by atoms with Crippen LogP contribution in [0.4, 0.5) is 5.69 Å². The van der Waals surface area contributed by atoms with Crippen molar-refractivity contribution in [3.63, 3.8) is 0 Å². The van der Waals surface area contributed by atoms with Gasteiger partial charge in [-0.15, -0.1) is 0 Å². The molecule has 1 aromatic rings. The summed E-state index contributed by atoms with van der Waals surface area (Å²) in [4.78, 5) is 16.5. The highest BCUT2D eigenvalue weighted by atomic mass is 32.2. The Morgan fingerprint density at radius 2 is 1.73 bits per heavy atom. The van der Waals surface area contributed by atoms with Gasteiger partial charge < -0.3 is 14.7 Å². The van der Waals surface area contributed by atoms with Crippen molar-refractivity contribution in [1.29, 1.82) is 0 Å². The fourth-order valence-electron chi connectivity index (χ4n) is 2.47. The van der Waals surface area contributed by atoms with Crippen LogP contribution in [-0.4, -0.2) is 78.4 Å². The monoisotopic (exact) mass is 317 g/mol. The van der Waals surface area contributed by atoms with Crippen LogP contribution in [0.5, 0.6) is 0 Å². The van der Waals surface area contributed by atoms with E-state index in [2.05, 4.69) is 28.8 Å². The molecule has 0 aromatic heterocycles. The maximum atomic E-state index is 4.86. The number of piperazine rings is 1. The number of para-hydroxylation sites is 1. The summed E-state index contributed by atoms with van der Waals surface area (Å²) in [5.41, 5.74) is 0.964. The zero-order valence-corrected chi connectivity index (χ0v) is 14.1. The van der Waals surface area contributed by atoms with Gasteiger partial charge in [0.25, 0.3) is 0 Å². The van der Waals surface area contributed by atoms with E-state index in [0.717, 1.165) is 55.3 Å². The van der Waals surface area contributed by atoms with E-state index in [-0.39, 0.29) is 0 Å². The first-order valence-corrected chi connectivity index (χ1v) is 8.71. The maximum Gasteiger partial charge on any atom is 0.228 e. The van der Waals surface area contributed by atoms with Crippen molar-refractivity contribution in [3.8, 4) is 0 Å². The average molecular weight is 317 g/mol. The first-order chi connectivity index (χ1) is 10.7. The molecule has 0 bridgehead atoms. The summed E-state index contributed by atoms with van der Waals surface area (Å²) in [6.45, 7) is 5.13. The Labute approximate surface area is 136 Å². The smallest absolute Gasteiger partial charge is 0.228 e. The van der Waals surface area contributed by atoms with Crippen LogP contribution in [0.1, 0.15) is 0 Å². The van der Waals surface area contributed by atoms with Crippen LogP contribution in [0.2, 0.25) is 0 Å². The number of aliphatic imine (C=N–C) groups is 2. The molecule has 2 aliphatic rings. The van der Waals surface area contributed by atoms with Gasteiger partial charge in [0.1, 0.15) is 0 Å². The number of thioether (sulfide) groups is 1. The summed E-state index contributed by atoms with van der Waals surface area (Å²) < 4.78 is 0. The van der Waals surface area contributed by atoms with Gasteiger partial charge in [-0.3, -0.25) is 0 Å². The van der Waals surface area contributed by atoms with E-state index >= 15 is 0 Å². The summed E-state index contributed by atoms with van der Waals surface area (Å²) in [6.07, 6.45) is 0. The Kier molecular flexibility index (Phi) is 5.00. The number of hydrogen-bond donors (Lipinski definition) is 0. The number of benzene rings is 1. The topological polar surface area (TPSA) is 34.4 Å². The highest BCUT2D eigenvalue weighted by molar-refractivity contribution is 8.14. The second-order valence-corrected chi connectivity index (χ2v) is 6.76. The lowest BCUT2D eigenvalue weighted by molar-refractivity contribution is 0.214. The van der Waals surface area contributed by atoms with Crippen molar-refractivity contribution in [2.24, 2.45) is 9.98 Å². The van der Waals surface area contributed by atoms with Gasteiger partial charge in [0.15, 0.2) is 5.17 Å². The normalized spacial score (nSPS) is 22.6. The minimum Gasteiger partial charge on any atom is -0.353 e. The van der Waals surface area contributed by atoms with Gasteiger partial charge in [0.05, 0.1) is 5.69 Å². The van der Waals surface area contributed by atoms with Crippen molar-refractivity contribution in [2.45, 2.75) is 0 Å². The number of likely N-dealkylation sites (N-methyl/N-ethyl adjacent to an activating group) is 1. The molecular weight excluding hydrogens is 294 g/mol. The third-order valence-electron chi connectivity index (χ3n) is 3.95. The van der Waals surface area contributed by atoms with Crippen LogP contribution in [0, 0.1) is 0 Å². The molecule has 0 atom stereocenters. The SMILES string of the molecule is CN1CCN(C(N=C2SCCN2C)=Nc2ccccc2)CC1. The maximum absolute atomic E-state index is 4.86. The zero-order valence-electron chi connectivity index (χ0n) is 13.3. The predicted octanol–water partition coefficient (Wildman–Crippen LogP) is 1.96. The summed E-state index contributed by atoms with van der Waals surface area (Å²) in [6, 6.07) is 10.1. The number of guanidine groups is 1. The zero-order chi connectivity index (χ0) is 15.4. The third-order valence-corrected chi connectivity index (χ3v) is 5.00. The van der Waals surface area contributed by atoms with E-state index in [4.69, 9.17) is 9.98 Å². The Morgan fingerprint density at radius 1 is 1.00 bits per heavy atom. The Hall–Kier alpha value is -1.53. The van der Waals surface area contributed by atoms with Crippen molar-refractivity contribution >= 4 is 28.6 Å². The number of nitrogens with zero attached hydrogens (tertiary/aromatic N) is 5. The number of hydrogen-bond acceptors (Lipinski definition) is 3. The number of rotatable bonds is 1. The van der Waals surface area contributed by atoms with Crippen LogP contribution in [0.15, 0.2) is 40.3 Å². The quantitative estimate of drug-likeness (QED) is 0.586. The molecule has 0 spiro atoms. The molecule has 6 heteroatoms. The van der Waals surface area contributed by atoms with E-state index in [9.17, 15) is 0 Å². The highest BCUT2D eigenvalue weighted by Gasteiger charge is 2.21. The molecule has 2 heterocycles. The van der Waals surface area contributed by atoms with Crippen LogP contribution >= 0.6 is 11.8 Å². The molecule has 0 N–H and O–H groups in total. The highest BCUT2D eigenvalue weighted by Crippen LogP contribution is 2.19. The van der Waals surface area contributed by atoms with Crippen LogP contribution in [0.25, 0.3) is 0 Å². The van der Waals surface area contributed by atoms with Gasteiger partial charge in [0.2, 0.25) is 5.96 Å². The van der Waals surface area contributed by atoms with E-state index in [1.807, 2.05) is 42.1 Å². The molecule has 22 heavy (non-hydrogen) atoms. The first kappa shape index (κ1) is 15.4. The molecule has 118 valence electrons. The molecular formula is C16H23N5S. The number of amidine groups is 1. The summed E-state index contributed by atoms with van der Waals surface area (Å²) in [5.74, 6) is 1.95. The van der Waals surface area contributed by atoms with Crippen molar-refractivity contribution < 1.29 is 0 Å². The molecule has 0 radical (unpaired) electrons. The third kappa shape index (κ3) is 3.81. The molecule has 0 aliphatic carbocycles. The fourth-order valence-corrected chi connectivity index (χ4v) is 3.48. The molecule has 0 saturated carbocycles. The fraction of sp³-hybridized carbons (Fsp3) is 0.500. The Morgan fingerprint density at radius 3 is 2.36 bits per heavy atom. The van der Waals surface area contributed by atoms with E-state index in [1.165, 1.54) is 0 Å². The van der Waals surface area contributed by atoms with E-state index in [1.54, 1.807) is 0 Å². The van der Waals surface area contributed by atoms with Gasteiger partial charge >= 0.3 is 0 Å². The molecule has 2 fully saturated rings. The summed E-state index contributed by atoms with van der Waals surface area (Å²) in [5, 5.41) is 1.08. The second-order valence-electron chi connectivity index (χ2n) is 5.70. The molecule has 0 unspecified atom stereocenters. The van der Waals surface area contributed by atoms with Crippen LogP contribution in [-0.2, 0) is 0 Å². The van der Waals surface area contributed by atoms with E-state index in [0.29, 0.717) is 0 Å². The van der Waals surface area contributed by atoms with Gasteiger partial charge in [-0.05, 0) is 19.2 Å². The largest absolute Gasteiger partial charge is 0.353 e. The summed E-state index contributed by atoms with van der Waals surface area (Å²) in [7, 11) is 4.26. The van der Waals surface area contributed by atoms with Gasteiger partial charge in [-0.2, -0.15) is 4.99 Å². The second kappa shape index (κ2) is 7.15. The minimum absolute atomic E-state index is 0.843. The Balaban J connectivity index is 1.87. The predicted molar refractivity (Wildman–Crippen MR) is 95.1 cm³/mol. The lowest BCUT2D eigenvalue weighted by Crippen LogP contribution is -2.47. The molecule has 2 aliphatic heterocycles. The van der Waals surface area contributed by atoms with E-state index < -0.39 is 0 Å². The summed E-state index contributed by atoms with van der Waals surface area (Å²) >= 11 is 1.81. The molecule has 2 saturated heterocycles. The first-order valence-electron chi connectivity index (χ1n) is 7.72. The van der Waals surface area contributed by atoms with Gasteiger partial charge in [-0.25, -0.2) is 4.99 Å². The average Bonchev–Trinajstić information content (AvgIpc) is 2.94. The molecule has 5 nitrogen and oxygen atoms in total. The molecule has 3 rings (SSSR count). The van der Waals surface area contributed by atoms with Crippen molar-refractivity contribution in [2.75, 3.05) is 52.6 Å². The van der Waals surface area contributed by atoms with Gasteiger partial charge in [0, 0.05) is 45.5 Å². The minimum atomic E-state index is 0.843. The Bertz CT molecular complexity index is 549. The molecule has 1 aromatic carbocycles. The van der Waals surface area contributed by atoms with Crippen LogP contribution in [0.3, 0.4) is 0 Å². The van der Waals surface area contributed by atoms with Crippen molar-refractivity contribution in [1.82, 2.24) is 14.7 Å². The van der Waals surface area contributed by atoms with Crippen molar-refractivity contribution in [3.05, 3.63) is 30.3 Å². The molecule has 0 amide bonds. The lowest BCUT2D eigenvalue weighted by Gasteiger charge is -2.33. The van der Waals surface area contributed by atoms with Gasteiger partial charge in [-0.1, -0.05) is 30.0 Å². The lowest BCUT2D eigenvalue weighted by atomic mass is 10.3.